The third-order valence-electron chi connectivity index (χ3n) is 4.45. The molecular weight excluding hydrogens is 409 g/mol. The Morgan fingerprint density at radius 3 is 1.97 bits per heavy atom. The minimum absolute atomic E-state index is 0.00192. The average molecular weight is 425 g/mol. The number of nitro groups is 2. The lowest BCUT2D eigenvalue weighted by Crippen LogP contribution is -2.30. The SMILES string of the molecule is COc1ccc(N(Cc2ccc(F)cc2)C(=O)c2cc([N+](=O)[O-])cc([N+](=O)[O-])c2)cc1. The van der Waals surface area contributed by atoms with Crippen LogP contribution in [0, 0.1) is 26.0 Å². The Kier molecular flexibility index (Phi) is 6.20. The first kappa shape index (κ1) is 21.4. The highest BCUT2D eigenvalue weighted by molar-refractivity contribution is 6.06. The number of rotatable bonds is 7. The van der Waals surface area contributed by atoms with Gasteiger partial charge in [0.05, 0.1) is 35.1 Å². The number of nitrogens with zero attached hydrogens (tertiary/aromatic N) is 3. The third-order valence-corrected chi connectivity index (χ3v) is 4.45. The molecule has 1 amide bonds. The molecule has 0 bridgehead atoms. The van der Waals surface area contributed by atoms with Gasteiger partial charge >= 0.3 is 0 Å². The molecule has 0 aromatic heterocycles. The molecule has 3 aromatic rings. The fourth-order valence-corrected chi connectivity index (χ4v) is 2.90. The molecule has 0 aliphatic heterocycles. The van der Waals surface area contributed by atoms with Gasteiger partial charge in [0.25, 0.3) is 17.3 Å². The molecule has 3 aromatic carbocycles. The van der Waals surface area contributed by atoms with Crippen molar-refractivity contribution in [2.75, 3.05) is 12.0 Å². The molecule has 0 unspecified atom stereocenters. The van der Waals surface area contributed by atoms with Gasteiger partial charge in [0.15, 0.2) is 0 Å². The van der Waals surface area contributed by atoms with Crippen LogP contribution in [0.5, 0.6) is 5.75 Å². The number of hydrogen-bond donors (Lipinski definition) is 0. The average Bonchev–Trinajstić information content (AvgIpc) is 2.78. The highest BCUT2D eigenvalue weighted by Gasteiger charge is 2.24. The molecule has 0 saturated carbocycles. The fraction of sp³-hybridized carbons (Fsp3) is 0.0952. The van der Waals surface area contributed by atoms with Crippen molar-refractivity contribution >= 4 is 23.0 Å². The van der Waals surface area contributed by atoms with Crippen molar-refractivity contribution in [3.8, 4) is 5.75 Å². The molecule has 10 heteroatoms. The number of hydrogen-bond acceptors (Lipinski definition) is 6. The predicted octanol–water partition coefficient (Wildman–Crippen LogP) is 4.50. The van der Waals surface area contributed by atoms with E-state index in [0.717, 1.165) is 18.2 Å². The molecule has 0 radical (unpaired) electrons. The van der Waals surface area contributed by atoms with E-state index in [1.54, 1.807) is 24.3 Å². The number of methoxy groups -OCH3 is 1. The van der Waals surface area contributed by atoms with Crippen LogP contribution < -0.4 is 9.64 Å². The third kappa shape index (κ3) is 4.99. The van der Waals surface area contributed by atoms with E-state index < -0.39 is 32.9 Å². The monoisotopic (exact) mass is 425 g/mol. The summed E-state index contributed by atoms with van der Waals surface area (Å²) in [5, 5.41) is 22.4. The first-order valence-electron chi connectivity index (χ1n) is 8.92. The molecule has 0 atom stereocenters. The zero-order chi connectivity index (χ0) is 22.5. The number of ether oxygens (including phenoxy) is 1. The molecule has 0 aliphatic rings. The lowest BCUT2D eigenvalue weighted by Gasteiger charge is -2.23. The van der Waals surface area contributed by atoms with Crippen LogP contribution in [0.15, 0.2) is 66.7 Å². The van der Waals surface area contributed by atoms with E-state index >= 15 is 0 Å². The van der Waals surface area contributed by atoms with Crippen LogP contribution in [0.1, 0.15) is 15.9 Å². The van der Waals surface area contributed by atoms with E-state index in [4.69, 9.17) is 4.74 Å². The highest BCUT2D eigenvalue weighted by Crippen LogP contribution is 2.27. The molecule has 0 heterocycles. The number of amides is 1. The lowest BCUT2D eigenvalue weighted by atomic mass is 10.1. The van der Waals surface area contributed by atoms with Crippen molar-refractivity contribution < 1.29 is 23.8 Å². The Morgan fingerprint density at radius 1 is 0.935 bits per heavy atom. The molecule has 0 fully saturated rings. The molecular formula is C21H16FN3O6. The predicted molar refractivity (Wildman–Crippen MR) is 110 cm³/mol. The van der Waals surface area contributed by atoms with Crippen LogP contribution in [0.4, 0.5) is 21.5 Å². The number of carbonyl (C=O) groups is 1. The van der Waals surface area contributed by atoms with Crippen LogP contribution in [0.25, 0.3) is 0 Å². The standard InChI is InChI=1S/C21H16FN3O6/c1-31-20-8-6-17(7-9-20)23(13-14-2-4-16(22)5-3-14)21(26)15-10-18(24(27)28)12-19(11-15)25(29)30/h2-12H,13H2,1H3. The van der Waals surface area contributed by atoms with Gasteiger partial charge in [-0.25, -0.2) is 4.39 Å². The van der Waals surface area contributed by atoms with Crippen molar-refractivity contribution in [2.45, 2.75) is 6.54 Å². The number of benzene rings is 3. The zero-order valence-electron chi connectivity index (χ0n) is 16.2. The lowest BCUT2D eigenvalue weighted by molar-refractivity contribution is -0.394. The Balaban J connectivity index is 2.07. The Bertz CT molecular complexity index is 1100. The Labute approximate surface area is 175 Å². The molecule has 9 nitrogen and oxygen atoms in total. The molecule has 0 spiro atoms. The number of halogens is 1. The van der Waals surface area contributed by atoms with Crippen molar-refractivity contribution in [3.63, 3.8) is 0 Å². The minimum Gasteiger partial charge on any atom is -0.497 e. The molecule has 3 rings (SSSR count). The van der Waals surface area contributed by atoms with E-state index in [1.807, 2.05) is 0 Å². The molecule has 0 aliphatic carbocycles. The molecule has 31 heavy (non-hydrogen) atoms. The maximum absolute atomic E-state index is 13.3. The summed E-state index contributed by atoms with van der Waals surface area (Å²) < 4.78 is 18.4. The Hall–Kier alpha value is -4.34. The smallest absolute Gasteiger partial charge is 0.277 e. The normalized spacial score (nSPS) is 10.4. The summed E-state index contributed by atoms with van der Waals surface area (Å²) in [5.41, 5.74) is -0.364. The molecule has 158 valence electrons. The van der Waals surface area contributed by atoms with Crippen molar-refractivity contribution in [1.82, 2.24) is 0 Å². The number of anilines is 1. The number of non-ortho nitro benzene ring substituents is 2. The largest absolute Gasteiger partial charge is 0.497 e. The molecule has 0 N–H and O–H groups in total. The van der Waals surface area contributed by atoms with Crippen molar-refractivity contribution in [2.24, 2.45) is 0 Å². The van der Waals surface area contributed by atoms with Gasteiger partial charge in [0, 0.05) is 17.8 Å². The second-order valence-electron chi connectivity index (χ2n) is 6.47. The van der Waals surface area contributed by atoms with E-state index in [-0.39, 0.29) is 12.1 Å². The maximum Gasteiger partial charge on any atom is 0.277 e. The topological polar surface area (TPSA) is 116 Å². The van der Waals surface area contributed by atoms with Crippen LogP contribution in [0.2, 0.25) is 0 Å². The van der Waals surface area contributed by atoms with Gasteiger partial charge in [0.1, 0.15) is 11.6 Å². The van der Waals surface area contributed by atoms with Gasteiger partial charge in [-0.2, -0.15) is 0 Å². The summed E-state index contributed by atoms with van der Waals surface area (Å²) in [6.45, 7) is 0.00192. The minimum atomic E-state index is -0.804. The second kappa shape index (κ2) is 8.99. The zero-order valence-corrected chi connectivity index (χ0v) is 16.2. The summed E-state index contributed by atoms with van der Waals surface area (Å²) in [6, 6.07) is 14.7. The van der Waals surface area contributed by atoms with Gasteiger partial charge in [-0.1, -0.05) is 12.1 Å². The van der Waals surface area contributed by atoms with Gasteiger partial charge in [-0.15, -0.1) is 0 Å². The van der Waals surface area contributed by atoms with Crippen LogP contribution in [-0.4, -0.2) is 22.9 Å². The summed E-state index contributed by atoms with van der Waals surface area (Å²) in [6.07, 6.45) is 0. The second-order valence-corrected chi connectivity index (χ2v) is 6.47. The van der Waals surface area contributed by atoms with E-state index in [0.29, 0.717) is 17.0 Å². The first-order valence-corrected chi connectivity index (χ1v) is 8.92. The highest BCUT2D eigenvalue weighted by atomic mass is 19.1. The van der Waals surface area contributed by atoms with Gasteiger partial charge in [-0.3, -0.25) is 25.0 Å². The first-order chi connectivity index (χ1) is 14.8. The van der Waals surface area contributed by atoms with Gasteiger partial charge in [0.2, 0.25) is 0 Å². The van der Waals surface area contributed by atoms with Crippen molar-refractivity contribution in [3.05, 3.63) is 104 Å². The van der Waals surface area contributed by atoms with Crippen LogP contribution >= 0.6 is 0 Å². The summed E-state index contributed by atoms with van der Waals surface area (Å²) in [5.74, 6) is -0.592. The van der Waals surface area contributed by atoms with Crippen LogP contribution in [0.3, 0.4) is 0 Å². The fourth-order valence-electron chi connectivity index (χ4n) is 2.90. The summed E-state index contributed by atoms with van der Waals surface area (Å²) in [7, 11) is 1.48. The van der Waals surface area contributed by atoms with E-state index in [2.05, 4.69) is 0 Å². The number of nitro benzene ring substituents is 2. The summed E-state index contributed by atoms with van der Waals surface area (Å²) >= 11 is 0. The van der Waals surface area contributed by atoms with Crippen LogP contribution in [-0.2, 0) is 6.54 Å². The van der Waals surface area contributed by atoms with Gasteiger partial charge in [-0.05, 0) is 42.0 Å². The molecule has 0 saturated heterocycles. The van der Waals surface area contributed by atoms with Crippen molar-refractivity contribution in [1.29, 1.82) is 0 Å². The number of carbonyl (C=O) groups excluding carboxylic acids is 1. The van der Waals surface area contributed by atoms with Gasteiger partial charge < -0.3 is 9.64 Å². The van der Waals surface area contributed by atoms with E-state index in [1.165, 1.54) is 36.3 Å². The van der Waals surface area contributed by atoms with E-state index in [9.17, 15) is 29.4 Å². The summed E-state index contributed by atoms with van der Waals surface area (Å²) in [4.78, 5) is 35.4. The Morgan fingerprint density at radius 2 is 1.48 bits per heavy atom. The quantitative estimate of drug-likeness (QED) is 0.407. The maximum atomic E-state index is 13.3.